The number of hydrogen-bond acceptors (Lipinski definition) is 3. The van der Waals surface area contributed by atoms with E-state index in [2.05, 4.69) is 15.9 Å². The number of non-ortho nitro benzene ring substituents is 1. The predicted molar refractivity (Wildman–Crippen MR) is 76.5 cm³/mol. The molecular weight excluding hydrogens is 353 g/mol. The van der Waals surface area contributed by atoms with Gasteiger partial charge in [-0.15, -0.1) is 0 Å². The van der Waals surface area contributed by atoms with Gasteiger partial charge in [0, 0.05) is 6.07 Å². The van der Waals surface area contributed by atoms with Gasteiger partial charge in [0.2, 0.25) is 0 Å². The molecule has 0 unspecified atom stereocenters. The molecule has 0 saturated heterocycles. The van der Waals surface area contributed by atoms with Crippen LogP contribution in [0.5, 0.6) is 5.75 Å². The van der Waals surface area contributed by atoms with Crippen LogP contribution in [0.25, 0.3) is 0 Å². The summed E-state index contributed by atoms with van der Waals surface area (Å²) in [5.74, 6) is -0.222. The van der Waals surface area contributed by atoms with Crippen molar-refractivity contribution in [3.8, 4) is 5.75 Å². The normalized spacial score (nSPS) is 10.3. The van der Waals surface area contributed by atoms with Crippen LogP contribution < -0.4 is 4.74 Å². The van der Waals surface area contributed by atoms with E-state index in [0.717, 1.165) is 0 Å². The Morgan fingerprint density at radius 1 is 1.30 bits per heavy atom. The van der Waals surface area contributed by atoms with Crippen LogP contribution in [0, 0.1) is 15.9 Å². The number of nitro benzene ring substituents is 1. The lowest BCUT2D eigenvalue weighted by Crippen LogP contribution is -1.98. The Morgan fingerprint density at radius 3 is 2.70 bits per heavy atom. The summed E-state index contributed by atoms with van der Waals surface area (Å²) < 4.78 is 19.3. The van der Waals surface area contributed by atoms with Gasteiger partial charge in [0.15, 0.2) is 0 Å². The molecule has 104 valence electrons. The lowest BCUT2D eigenvalue weighted by molar-refractivity contribution is -0.385. The minimum absolute atomic E-state index is 0.0327. The summed E-state index contributed by atoms with van der Waals surface area (Å²) in [5.41, 5.74) is 0.496. The largest absolute Gasteiger partial charge is 0.487 e. The van der Waals surface area contributed by atoms with E-state index in [1.165, 1.54) is 30.3 Å². The Labute approximate surface area is 127 Å². The molecule has 0 heterocycles. The third-order valence-corrected chi connectivity index (χ3v) is 3.47. The average molecular weight is 361 g/mol. The van der Waals surface area contributed by atoms with Gasteiger partial charge in [0.1, 0.15) is 18.2 Å². The number of benzene rings is 2. The smallest absolute Gasteiger partial charge is 0.273 e. The topological polar surface area (TPSA) is 52.4 Å². The first-order valence-electron chi connectivity index (χ1n) is 5.48. The SMILES string of the molecule is O=[N+]([O-])c1ccc(Br)c(OCc2ccc(Cl)c(F)c2)c1. The number of nitro groups is 1. The summed E-state index contributed by atoms with van der Waals surface area (Å²) >= 11 is 8.82. The van der Waals surface area contributed by atoms with Crippen molar-refractivity contribution in [3.05, 3.63) is 67.4 Å². The van der Waals surface area contributed by atoms with Gasteiger partial charge >= 0.3 is 0 Å². The van der Waals surface area contributed by atoms with Gasteiger partial charge in [-0.25, -0.2) is 4.39 Å². The molecule has 0 spiro atoms. The van der Waals surface area contributed by atoms with Crippen LogP contribution in [0.2, 0.25) is 5.02 Å². The van der Waals surface area contributed by atoms with Crippen LogP contribution in [0.4, 0.5) is 10.1 Å². The summed E-state index contributed by atoms with van der Waals surface area (Å²) in [7, 11) is 0. The predicted octanol–water partition coefficient (Wildman–Crippen LogP) is 4.73. The maximum absolute atomic E-state index is 13.3. The molecule has 0 aromatic heterocycles. The van der Waals surface area contributed by atoms with E-state index in [0.29, 0.717) is 15.8 Å². The van der Waals surface area contributed by atoms with Crippen LogP contribution in [-0.4, -0.2) is 4.92 Å². The van der Waals surface area contributed by atoms with Gasteiger partial charge < -0.3 is 4.74 Å². The van der Waals surface area contributed by atoms with Crippen molar-refractivity contribution in [2.24, 2.45) is 0 Å². The van der Waals surface area contributed by atoms with Crippen LogP contribution in [0.15, 0.2) is 40.9 Å². The fourth-order valence-corrected chi connectivity index (χ4v) is 1.99. The maximum atomic E-state index is 13.3. The monoisotopic (exact) mass is 359 g/mol. The second-order valence-corrected chi connectivity index (χ2v) is 5.17. The average Bonchev–Trinajstić information content (AvgIpc) is 2.41. The summed E-state index contributed by atoms with van der Waals surface area (Å²) in [6, 6.07) is 8.49. The lowest BCUT2D eigenvalue weighted by Gasteiger charge is -2.08. The minimum Gasteiger partial charge on any atom is -0.487 e. The van der Waals surface area contributed by atoms with Crippen molar-refractivity contribution in [1.29, 1.82) is 0 Å². The van der Waals surface area contributed by atoms with E-state index >= 15 is 0 Å². The van der Waals surface area contributed by atoms with Crippen molar-refractivity contribution >= 4 is 33.2 Å². The van der Waals surface area contributed by atoms with E-state index in [9.17, 15) is 14.5 Å². The number of hydrogen-bond donors (Lipinski definition) is 0. The van der Waals surface area contributed by atoms with E-state index in [4.69, 9.17) is 16.3 Å². The van der Waals surface area contributed by atoms with Gasteiger partial charge in [0.05, 0.1) is 20.5 Å². The van der Waals surface area contributed by atoms with Crippen LogP contribution in [-0.2, 0) is 6.61 Å². The summed E-state index contributed by atoms with van der Waals surface area (Å²) in [6.07, 6.45) is 0. The van der Waals surface area contributed by atoms with Gasteiger partial charge in [-0.3, -0.25) is 10.1 Å². The molecule has 0 radical (unpaired) electrons. The third kappa shape index (κ3) is 3.46. The van der Waals surface area contributed by atoms with Crippen molar-refractivity contribution in [1.82, 2.24) is 0 Å². The van der Waals surface area contributed by atoms with E-state index in [1.807, 2.05) is 0 Å². The highest BCUT2D eigenvalue weighted by Gasteiger charge is 2.11. The highest BCUT2D eigenvalue weighted by Crippen LogP contribution is 2.30. The Bertz CT molecular complexity index is 666. The molecule has 2 aromatic carbocycles. The zero-order valence-corrected chi connectivity index (χ0v) is 12.3. The molecule has 0 aliphatic carbocycles. The number of halogens is 3. The highest BCUT2D eigenvalue weighted by molar-refractivity contribution is 9.10. The Kier molecular flexibility index (Phi) is 4.57. The van der Waals surface area contributed by atoms with Gasteiger partial charge in [-0.2, -0.15) is 0 Å². The van der Waals surface area contributed by atoms with E-state index in [1.54, 1.807) is 6.07 Å². The highest BCUT2D eigenvalue weighted by atomic mass is 79.9. The first kappa shape index (κ1) is 14.7. The number of ether oxygens (including phenoxy) is 1. The number of rotatable bonds is 4. The van der Waals surface area contributed by atoms with E-state index < -0.39 is 10.7 Å². The van der Waals surface area contributed by atoms with Crippen molar-refractivity contribution in [2.75, 3.05) is 0 Å². The van der Waals surface area contributed by atoms with Gasteiger partial charge in [-0.1, -0.05) is 17.7 Å². The van der Waals surface area contributed by atoms with Crippen LogP contribution in [0.3, 0.4) is 0 Å². The molecule has 0 N–H and O–H groups in total. The molecule has 20 heavy (non-hydrogen) atoms. The molecule has 0 amide bonds. The fraction of sp³-hybridized carbons (Fsp3) is 0.0769. The standard InChI is InChI=1S/C13H8BrClFNO3/c14-10-3-2-9(17(18)19)6-13(10)20-7-8-1-4-11(15)12(16)5-8/h1-6H,7H2. The fourth-order valence-electron chi connectivity index (χ4n) is 1.51. The maximum Gasteiger partial charge on any atom is 0.273 e. The molecule has 0 atom stereocenters. The van der Waals surface area contributed by atoms with Gasteiger partial charge in [-0.05, 0) is 39.7 Å². The second-order valence-electron chi connectivity index (χ2n) is 3.91. The molecule has 4 nitrogen and oxygen atoms in total. The van der Waals surface area contributed by atoms with Crippen molar-refractivity contribution in [2.45, 2.75) is 6.61 Å². The van der Waals surface area contributed by atoms with E-state index in [-0.39, 0.29) is 17.3 Å². The Balaban J connectivity index is 2.15. The molecule has 0 aliphatic rings. The molecule has 7 heteroatoms. The minimum atomic E-state index is -0.536. The molecule has 2 aromatic rings. The summed E-state index contributed by atoms with van der Waals surface area (Å²) in [4.78, 5) is 10.2. The molecule has 0 saturated carbocycles. The second kappa shape index (κ2) is 6.19. The van der Waals surface area contributed by atoms with Crippen LogP contribution in [0.1, 0.15) is 5.56 Å². The third-order valence-electron chi connectivity index (χ3n) is 2.50. The van der Waals surface area contributed by atoms with Gasteiger partial charge in [0.25, 0.3) is 5.69 Å². The Hall–Kier alpha value is -1.66. The molecule has 0 fully saturated rings. The van der Waals surface area contributed by atoms with Crippen molar-refractivity contribution in [3.63, 3.8) is 0 Å². The lowest BCUT2D eigenvalue weighted by atomic mass is 10.2. The zero-order valence-electron chi connectivity index (χ0n) is 9.98. The Morgan fingerprint density at radius 2 is 2.05 bits per heavy atom. The first-order valence-corrected chi connectivity index (χ1v) is 6.65. The molecular formula is C13H8BrClFNO3. The zero-order chi connectivity index (χ0) is 14.7. The summed E-state index contributed by atoms with van der Waals surface area (Å²) in [5, 5.41) is 10.7. The molecule has 0 bridgehead atoms. The quantitative estimate of drug-likeness (QED) is 0.585. The van der Waals surface area contributed by atoms with Crippen LogP contribution >= 0.6 is 27.5 Å². The summed E-state index contributed by atoms with van der Waals surface area (Å²) in [6.45, 7) is 0.0772. The molecule has 0 aliphatic heterocycles. The number of nitrogens with zero attached hydrogens (tertiary/aromatic N) is 1. The molecule has 2 rings (SSSR count). The first-order chi connectivity index (χ1) is 9.47. The van der Waals surface area contributed by atoms with Crippen molar-refractivity contribution < 1.29 is 14.1 Å².